The third-order valence-electron chi connectivity index (χ3n) is 2.75. The number of rotatable bonds is 6. The van der Waals surface area contributed by atoms with E-state index in [2.05, 4.69) is 17.2 Å². The molecule has 1 N–H and O–H groups in total. The van der Waals surface area contributed by atoms with E-state index in [1.807, 2.05) is 42.1 Å². The molecule has 3 nitrogen and oxygen atoms in total. The molecule has 2 aromatic rings. The van der Waals surface area contributed by atoms with E-state index >= 15 is 0 Å². The van der Waals surface area contributed by atoms with Crippen LogP contribution < -0.4 is 5.32 Å². The average Bonchev–Trinajstić information content (AvgIpc) is 2.49. The molecular weight excluding hydrogens is 268 g/mol. The number of nitrogens with zero attached hydrogens (tertiary/aromatic N) is 1. The van der Waals surface area contributed by atoms with Crippen LogP contribution in [0.3, 0.4) is 0 Å². The van der Waals surface area contributed by atoms with Crippen molar-refractivity contribution < 1.29 is 4.79 Å². The summed E-state index contributed by atoms with van der Waals surface area (Å²) in [6, 6.07) is 11.4. The Kier molecular flexibility index (Phi) is 5.62. The van der Waals surface area contributed by atoms with Crippen molar-refractivity contribution in [2.24, 2.45) is 0 Å². The highest BCUT2D eigenvalue weighted by molar-refractivity contribution is 7.98. The van der Waals surface area contributed by atoms with Crippen molar-refractivity contribution in [2.75, 3.05) is 11.1 Å². The van der Waals surface area contributed by atoms with Crippen LogP contribution in [0.15, 0.2) is 48.8 Å². The maximum Gasteiger partial charge on any atom is 0.255 e. The Balaban J connectivity index is 1.94. The molecule has 1 aromatic carbocycles. The Morgan fingerprint density at radius 3 is 2.70 bits per heavy atom. The molecule has 4 heteroatoms. The molecule has 1 heterocycles. The number of anilines is 1. The van der Waals surface area contributed by atoms with E-state index in [0.717, 1.165) is 5.75 Å². The van der Waals surface area contributed by atoms with Crippen LogP contribution in [0.25, 0.3) is 0 Å². The van der Waals surface area contributed by atoms with Crippen molar-refractivity contribution in [3.05, 3.63) is 59.9 Å². The van der Waals surface area contributed by atoms with Crippen LogP contribution in [0, 0.1) is 0 Å². The smallest absolute Gasteiger partial charge is 0.255 e. The molecule has 0 radical (unpaired) electrons. The van der Waals surface area contributed by atoms with Gasteiger partial charge in [-0.25, -0.2) is 0 Å². The molecule has 20 heavy (non-hydrogen) atoms. The summed E-state index contributed by atoms with van der Waals surface area (Å²) >= 11 is 1.91. The lowest BCUT2D eigenvalue weighted by Gasteiger charge is -2.06. The third-order valence-corrected chi connectivity index (χ3v) is 3.99. The lowest BCUT2D eigenvalue weighted by atomic mass is 10.1. The molecule has 0 saturated carbocycles. The molecule has 0 atom stereocenters. The van der Waals surface area contributed by atoms with E-state index in [9.17, 15) is 4.79 Å². The fourth-order valence-corrected chi connectivity index (χ4v) is 2.59. The van der Waals surface area contributed by atoms with E-state index in [4.69, 9.17) is 0 Å². The van der Waals surface area contributed by atoms with Crippen molar-refractivity contribution in [2.45, 2.75) is 19.1 Å². The second-order valence-corrected chi connectivity index (χ2v) is 5.55. The summed E-state index contributed by atoms with van der Waals surface area (Å²) in [7, 11) is 0. The predicted octanol–water partition coefficient (Wildman–Crippen LogP) is 3.98. The summed E-state index contributed by atoms with van der Waals surface area (Å²) in [6.07, 6.45) is 4.50. The molecule has 0 unspecified atom stereocenters. The summed E-state index contributed by atoms with van der Waals surface area (Å²) in [4.78, 5) is 16.0. The van der Waals surface area contributed by atoms with E-state index in [1.54, 1.807) is 18.5 Å². The fourth-order valence-electron chi connectivity index (χ4n) is 1.73. The van der Waals surface area contributed by atoms with Crippen LogP contribution in [0.4, 0.5) is 5.69 Å². The largest absolute Gasteiger partial charge is 0.321 e. The zero-order valence-electron chi connectivity index (χ0n) is 11.5. The van der Waals surface area contributed by atoms with Crippen molar-refractivity contribution in [1.29, 1.82) is 0 Å². The molecule has 1 aromatic heterocycles. The monoisotopic (exact) mass is 286 g/mol. The summed E-state index contributed by atoms with van der Waals surface area (Å²) < 4.78 is 0. The topological polar surface area (TPSA) is 42.0 Å². The highest BCUT2D eigenvalue weighted by Gasteiger charge is 2.05. The van der Waals surface area contributed by atoms with Gasteiger partial charge in [0, 0.05) is 17.5 Å². The molecule has 104 valence electrons. The molecule has 2 rings (SSSR count). The van der Waals surface area contributed by atoms with Gasteiger partial charge in [0.1, 0.15) is 0 Å². The first-order valence-electron chi connectivity index (χ1n) is 6.67. The standard InChI is InChI=1S/C16H18N2OS/c1-2-10-20-12-13-5-7-14(8-6-13)16(19)18-15-4-3-9-17-11-15/h3-9,11H,2,10,12H2,1H3,(H,18,19). The number of aromatic nitrogens is 1. The van der Waals surface area contributed by atoms with Gasteiger partial charge in [-0.05, 0) is 42.0 Å². The number of amides is 1. The maximum absolute atomic E-state index is 12.0. The predicted molar refractivity (Wildman–Crippen MR) is 85.1 cm³/mol. The van der Waals surface area contributed by atoms with Crippen LogP contribution in [0.2, 0.25) is 0 Å². The Morgan fingerprint density at radius 1 is 1.25 bits per heavy atom. The summed E-state index contributed by atoms with van der Waals surface area (Å²) in [5.41, 5.74) is 2.62. The highest BCUT2D eigenvalue weighted by Crippen LogP contribution is 2.14. The molecule has 0 spiro atoms. The number of pyridine rings is 1. The lowest BCUT2D eigenvalue weighted by molar-refractivity contribution is 0.102. The van der Waals surface area contributed by atoms with E-state index in [-0.39, 0.29) is 5.91 Å². The van der Waals surface area contributed by atoms with E-state index < -0.39 is 0 Å². The van der Waals surface area contributed by atoms with Crippen molar-refractivity contribution in [3.63, 3.8) is 0 Å². The van der Waals surface area contributed by atoms with Crippen LogP contribution in [0.1, 0.15) is 29.3 Å². The molecule has 0 bridgehead atoms. The zero-order chi connectivity index (χ0) is 14.2. The minimum atomic E-state index is -0.106. The number of carbonyl (C=O) groups is 1. The van der Waals surface area contributed by atoms with Gasteiger partial charge < -0.3 is 5.32 Å². The quantitative estimate of drug-likeness (QED) is 0.817. The van der Waals surface area contributed by atoms with E-state index in [0.29, 0.717) is 11.3 Å². The van der Waals surface area contributed by atoms with Gasteiger partial charge in [-0.15, -0.1) is 0 Å². The van der Waals surface area contributed by atoms with Gasteiger partial charge >= 0.3 is 0 Å². The second-order valence-electron chi connectivity index (χ2n) is 4.45. The average molecular weight is 286 g/mol. The van der Waals surface area contributed by atoms with Gasteiger partial charge in [0.15, 0.2) is 0 Å². The molecule has 0 aliphatic heterocycles. The van der Waals surface area contributed by atoms with Gasteiger partial charge in [0.25, 0.3) is 5.91 Å². The van der Waals surface area contributed by atoms with Gasteiger partial charge in [0.05, 0.1) is 11.9 Å². The van der Waals surface area contributed by atoms with Gasteiger partial charge in [0.2, 0.25) is 0 Å². The van der Waals surface area contributed by atoms with Crippen LogP contribution in [0.5, 0.6) is 0 Å². The number of thioether (sulfide) groups is 1. The second kappa shape index (κ2) is 7.70. The summed E-state index contributed by atoms with van der Waals surface area (Å²) in [6.45, 7) is 2.18. The van der Waals surface area contributed by atoms with Crippen molar-refractivity contribution in [3.8, 4) is 0 Å². The van der Waals surface area contributed by atoms with Crippen LogP contribution in [-0.2, 0) is 5.75 Å². The minimum Gasteiger partial charge on any atom is -0.321 e. The Labute approximate surface area is 123 Å². The lowest BCUT2D eigenvalue weighted by Crippen LogP contribution is -2.11. The fraction of sp³-hybridized carbons (Fsp3) is 0.250. The van der Waals surface area contributed by atoms with Crippen molar-refractivity contribution >= 4 is 23.4 Å². The third kappa shape index (κ3) is 4.38. The number of nitrogens with one attached hydrogen (secondary N) is 1. The van der Waals surface area contributed by atoms with Crippen LogP contribution >= 0.6 is 11.8 Å². The molecular formula is C16H18N2OS. The van der Waals surface area contributed by atoms with Gasteiger partial charge in [-0.3, -0.25) is 9.78 Å². The first kappa shape index (κ1) is 14.6. The molecule has 1 amide bonds. The zero-order valence-corrected chi connectivity index (χ0v) is 12.3. The van der Waals surface area contributed by atoms with Gasteiger partial charge in [-0.2, -0.15) is 11.8 Å². The Hall–Kier alpha value is -1.81. The molecule has 0 saturated heterocycles. The summed E-state index contributed by atoms with van der Waals surface area (Å²) in [5, 5.41) is 2.82. The van der Waals surface area contributed by atoms with Crippen LogP contribution in [-0.4, -0.2) is 16.6 Å². The Bertz CT molecular complexity index is 540. The molecule has 0 aliphatic carbocycles. The highest BCUT2D eigenvalue weighted by atomic mass is 32.2. The number of carbonyl (C=O) groups excluding carboxylic acids is 1. The molecule has 0 aliphatic rings. The SMILES string of the molecule is CCCSCc1ccc(C(=O)Nc2cccnc2)cc1. The number of benzene rings is 1. The normalized spacial score (nSPS) is 10.2. The minimum absolute atomic E-state index is 0.106. The first-order chi connectivity index (χ1) is 9.79. The number of hydrogen-bond donors (Lipinski definition) is 1. The Morgan fingerprint density at radius 2 is 2.05 bits per heavy atom. The first-order valence-corrected chi connectivity index (χ1v) is 7.83. The van der Waals surface area contributed by atoms with Gasteiger partial charge in [-0.1, -0.05) is 19.1 Å². The number of hydrogen-bond acceptors (Lipinski definition) is 3. The van der Waals surface area contributed by atoms with E-state index in [1.165, 1.54) is 17.7 Å². The molecule has 0 fully saturated rings. The summed E-state index contributed by atoms with van der Waals surface area (Å²) in [5.74, 6) is 2.06. The van der Waals surface area contributed by atoms with Crippen molar-refractivity contribution in [1.82, 2.24) is 4.98 Å². The maximum atomic E-state index is 12.0.